The van der Waals surface area contributed by atoms with Crippen molar-refractivity contribution in [2.24, 2.45) is 5.41 Å². The first-order valence-corrected chi connectivity index (χ1v) is 9.15. The van der Waals surface area contributed by atoms with Gasteiger partial charge in [0.2, 0.25) is 0 Å². The SMILES string of the molecule is CCCC(CBr)(CCC)CN(CCO)C(CC)CC. The number of nitrogens with zero attached hydrogens (tertiary/aromatic N) is 1. The van der Waals surface area contributed by atoms with Crippen LogP contribution in [0.4, 0.5) is 0 Å². The van der Waals surface area contributed by atoms with Gasteiger partial charge in [-0.2, -0.15) is 0 Å². The van der Waals surface area contributed by atoms with E-state index in [-0.39, 0.29) is 6.61 Å². The van der Waals surface area contributed by atoms with Crippen LogP contribution in [0, 0.1) is 5.41 Å². The molecule has 116 valence electrons. The molecule has 0 rings (SSSR count). The molecule has 3 heteroatoms. The number of aliphatic hydroxyl groups excluding tert-OH is 1. The van der Waals surface area contributed by atoms with E-state index in [2.05, 4.69) is 48.5 Å². The summed E-state index contributed by atoms with van der Waals surface area (Å²) in [5.41, 5.74) is 0.376. The van der Waals surface area contributed by atoms with Gasteiger partial charge in [0, 0.05) is 24.5 Å². The van der Waals surface area contributed by atoms with E-state index in [4.69, 9.17) is 0 Å². The third kappa shape index (κ3) is 6.59. The van der Waals surface area contributed by atoms with Crippen molar-refractivity contribution in [1.29, 1.82) is 0 Å². The molecule has 0 fully saturated rings. The summed E-state index contributed by atoms with van der Waals surface area (Å²) < 4.78 is 0. The Morgan fingerprint density at radius 3 is 1.89 bits per heavy atom. The van der Waals surface area contributed by atoms with Gasteiger partial charge >= 0.3 is 0 Å². The number of rotatable bonds is 12. The number of aliphatic hydroxyl groups is 1. The lowest BCUT2D eigenvalue weighted by Gasteiger charge is -2.40. The molecular weight excluding hydrogens is 302 g/mol. The third-order valence-corrected chi connectivity index (χ3v) is 5.42. The maximum Gasteiger partial charge on any atom is 0.0558 e. The van der Waals surface area contributed by atoms with Crippen LogP contribution in [0.15, 0.2) is 0 Å². The molecule has 2 nitrogen and oxygen atoms in total. The van der Waals surface area contributed by atoms with Gasteiger partial charge in [-0.25, -0.2) is 0 Å². The largest absolute Gasteiger partial charge is 0.395 e. The molecular formula is C16H34BrNO. The van der Waals surface area contributed by atoms with Crippen molar-refractivity contribution < 1.29 is 5.11 Å². The van der Waals surface area contributed by atoms with E-state index in [0.717, 1.165) is 18.4 Å². The zero-order valence-electron chi connectivity index (χ0n) is 13.4. The second kappa shape index (κ2) is 11.1. The molecule has 0 aliphatic heterocycles. The van der Waals surface area contributed by atoms with Crippen molar-refractivity contribution in [3.63, 3.8) is 0 Å². The highest BCUT2D eigenvalue weighted by molar-refractivity contribution is 9.09. The van der Waals surface area contributed by atoms with Crippen LogP contribution in [-0.4, -0.2) is 41.1 Å². The topological polar surface area (TPSA) is 23.5 Å². The number of halogens is 1. The second-order valence-corrected chi connectivity index (χ2v) is 6.36. The zero-order valence-corrected chi connectivity index (χ0v) is 15.0. The molecule has 0 aromatic heterocycles. The highest BCUT2D eigenvalue weighted by Gasteiger charge is 2.31. The van der Waals surface area contributed by atoms with Crippen LogP contribution in [-0.2, 0) is 0 Å². The Balaban J connectivity index is 4.89. The fourth-order valence-electron chi connectivity index (χ4n) is 3.27. The maximum atomic E-state index is 9.35. The summed E-state index contributed by atoms with van der Waals surface area (Å²) in [5, 5.41) is 10.4. The number of hydrogen-bond donors (Lipinski definition) is 1. The first kappa shape index (κ1) is 19.4. The van der Waals surface area contributed by atoms with E-state index < -0.39 is 0 Å². The van der Waals surface area contributed by atoms with Gasteiger partial charge in [0.1, 0.15) is 0 Å². The Kier molecular flexibility index (Phi) is 11.3. The molecule has 0 aliphatic carbocycles. The van der Waals surface area contributed by atoms with E-state index in [0.29, 0.717) is 11.5 Å². The molecule has 0 amide bonds. The molecule has 0 aromatic carbocycles. The lowest BCUT2D eigenvalue weighted by Crippen LogP contribution is -2.45. The predicted molar refractivity (Wildman–Crippen MR) is 89.1 cm³/mol. The van der Waals surface area contributed by atoms with Crippen LogP contribution in [0.3, 0.4) is 0 Å². The van der Waals surface area contributed by atoms with E-state index in [9.17, 15) is 5.11 Å². The Bertz CT molecular complexity index is 201. The molecule has 0 unspecified atom stereocenters. The third-order valence-electron chi connectivity index (χ3n) is 4.23. The Hall–Kier alpha value is 0.400. The van der Waals surface area contributed by atoms with Crippen molar-refractivity contribution in [1.82, 2.24) is 4.90 Å². The average Bonchev–Trinajstić information content (AvgIpc) is 2.40. The van der Waals surface area contributed by atoms with Gasteiger partial charge in [-0.15, -0.1) is 0 Å². The summed E-state index contributed by atoms with van der Waals surface area (Å²) in [5.74, 6) is 0. The van der Waals surface area contributed by atoms with Crippen LogP contribution in [0.25, 0.3) is 0 Å². The highest BCUT2D eigenvalue weighted by atomic mass is 79.9. The lowest BCUT2D eigenvalue weighted by molar-refractivity contribution is 0.0829. The molecule has 0 bridgehead atoms. The minimum atomic E-state index is 0.271. The second-order valence-electron chi connectivity index (χ2n) is 5.80. The van der Waals surface area contributed by atoms with Gasteiger partial charge in [0.15, 0.2) is 0 Å². The minimum Gasteiger partial charge on any atom is -0.395 e. The number of hydrogen-bond acceptors (Lipinski definition) is 2. The van der Waals surface area contributed by atoms with E-state index in [1.165, 1.54) is 38.5 Å². The van der Waals surface area contributed by atoms with E-state index >= 15 is 0 Å². The van der Waals surface area contributed by atoms with Gasteiger partial charge in [0.05, 0.1) is 6.61 Å². The molecule has 0 atom stereocenters. The molecule has 1 N–H and O–H groups in total. The van der Waals surface area contributed by atoms with Crippen LogP contribution in [0.1, 0.15) is 66.2 Å². The van der Waals surface area contributed by atoms with Crippen molar-refractivity contribution >= 4 is 15.9 Å². The number of alkyl halides is 1. The van der Waals surface area contributed by atoms with E-state index in [1.807, 2.05) is 0 Å². The molecule has 0 saturated carbocycles. The van der Waals surface area contributed by atoms with Crippen LogP contribution in [0.5, 0.6) is 0 Å². The standard InChI is InChI=1S/C16H34BrNO/c1-5-9-16(13-17,10-6-2)14-18(11-12-19)15(7-3)8-4/h15,19H,5-14H2,1-4H3. The highest BCUT2D eigenvalue weighted by Crippen LogP contribution is 2.34. The fourth-order valence-corrected chi connectivity index (χ4v) is 4.01. The minimum absolute atomic E-state index is 0.271. The quantitative estimate of drug-likeness (QED) is 0.532. The monoisotopic (exact) mass is 335 g/mol. The van der Waals surface area contributed by atoms with Crippen LogP contribution in [0.2, 0.25) is 0 Å². The molecule has 0 heterocycles. The van der Waals surface area contributed by atoms with Gasteiger partial charge in [-0.1, -0.05) is 56.5 Å². The average molecular weight is 336 g/mol. The summed E-state index contributed by atoms with van der Waals surface area (Å²) in [6, 6.07) is 0.610. The van der Waals surface area contributed by atoms with Gasteiger partial charge in [-0.3, -0.25) is 4.90 Å². The first-order valence-electron chi connectivity index (χ1n) is 8.03. The Morgan fingerprint density at radius 1 is 1.05 bits per heavy atom. The first-order chi connectivity index (χ1) is 9.12. The predicted octanol–water partition coefficient (Wildman–Crippen LogP) is 4.45. The molecule has 19 heavy (non-hydrogen) atoms. The molecule has 0 spiro atoms. The Morgan fingerprint density at radius 2 is 1.58 bits per heavy atom. The summed E-state index contributed by atoms with van der Waals surface area (Å²) in [6.07, 6.45) is 7.37. The van der Waals surface area contributed by atoms with Crippen molar-refractivity contribution in [2.75, 3.05) is 25.0 Å². The fraction of sp³-hybridized carbons (Fsp3) is 1.00. The van der Waals surface area contributed by atoms with Gasteiger partial charge in [-0.05, 0) is 31.1 Å². The van der Waals surface area contributed by atoms with Crippen LogP contribution >= 0.6 is 15.9 Å². The summed E-state index contributed by atoms with van der Waals surface area (Å²) in [4.78, 5) is 2.52. The summed E-state index contributed by atoms with van der Waals surface area (Å²) >= 11 is 3.76. The molecule has 0 saturated heterocycles. The maximum absolute atomic E-state index is 9.35. The summed E-state index contributed by atoms with van der Waals surface area (Å²) in [6.45, 7) is 11.3. The molecule has 0 radical (unpaired) electrons. The van der Waals surface area contributed by atoms with Crippen molar-refractivity contribution in [3.8, 4) is 0 Å². The van der Waals surface area contributed by atoms with Crippen molar-refractivity contribution in [3.05, 3.63) is 0 Å². The van der Waals surface area contributed by atoms with Crippen LogP contribution < -0.4 is 0 Å². The lowest BCUT2D eigenvalue weighted by atomic mass is 9.80. The normalized spacial score (nSPS) is 12.6. The zero-order chi connectivity index (χ0) is 14.7. The molecule has 0 aromatic rings. The van der Waals surface area contributed by atoms with Gasteiger partial charge in [0.25, 0.3) is 0 Å². The Labute approximate surface area is 129 Å². The van der Waals surface area contributed by atoms with Gasteiger partial charge < -0.3 is 5.11 Å². The summed E-state index contributed by atoms with van der Waals surface area (Å²) in [7, 11) is 0. The van der Waals surface area contributed by atoms with E-state index in [1.54, 1.807) is 0 Å². The molecule has 0 aliphatic rings. The van der Waals surface area contributed by atoms with Crippen molar-refractivity contribution in [2.45, 2.75) is 72.3 Å². The smallest absolute Gasteiger partial charge is 0.0558 e.